The van der Waals surface area contributed by atoms with Crippen molar-refractivity contribution >= 4 is 63.3 Å². The molecule has 0 aliphatic heterocycles. The summed E-state index contributed by atoms with van der Waals surface area (Å²) in [5.74, 6) is 1.83. The van der Waals surface area contributed by atoms with Crippen molar-refractivity contribution in [3.8, 4) is 0 Å². The average Bonchev–Trinajstić information content (AvgIpc) is 0.845. The molecule has 0 radical (unpaired) electrons. The number of aryl methyl sites for hydroxylation is 4. The third-order valence-corrected chi connectivity index (χ3v) is 16.8. The zero-order valence-corrected chi connectivity index (χ0v) is 69.1. The summed E-state index contributed by atoms with van der Waals surface area (Å²) in [4.78, 5) is 26.9. The van der Waals surface area contributed by atoms with E-state index in [4.69, 9.17) is 20.6 Å². The minimum absolute atomic E-state index is 0. The number of hydrogen-bond donors (Lipinski definition) is 0. The number of aliphatic imine (C=N–C) groups is 2. The summed E-state index contributed by atoms with van der Waals surface area (Å²) >= 11 is 0. The van der Waals surface area contributed by atoms with Crippen LogP contribution in [0, 0.1) is 27.7 Å². The predicted octanol–water partition coefficient (Wildman–Crippen LogP) is 21.8. The minimum atomic E-state index is 0. The maximum absolute atomic E-state index is 5.01. The molecule has 508 valence electrons. The maximum Gasteiger partial charge on any atom is 3.00 e. The second kappa shape index (κ2) is 49.3. The van der Waals surface area contributed by atoms with E-state index in [1.165, 1.54) is 55.9 Å². The first kappa shape index (κ1) is 91.8. The first-order valence-corrected chi connectivity index (χ1v) is 34.3. The normalized spacial score (nSPS) is 11.7. The molecule has 2 aromatic heterocycles. The summed E-state index contributed by atoms with van der Waals surface area (Å²) in [5, 5.41) is 11.7. The minimum Gasteiger partial charge on any atom is -1.45 e. The summed E-state index contributed by atoms with van der Waals surface area (Å²) in [6, 6.07) is 35.6. The van der Waals surface area contributed by atoms with E-state index in [2.05, 4.69) is 277 Å². The van der Waals surface area contributed by atoms with Crippen molar-refractivity contribution in [2.75, 3.05) is 64.2 Å². The molecule has 0 bridgehead atoms. The monoisotopic (exact) mass is 1370 g/mol. The molecule has 6 rings (SSSR count). The van der Waals surface area contributed by atoms with Gasteiger partial charge in [-0.2, -0.15) is 11.4 Å². The molecular formula is C80H122N10P2Sc2. The number of para-hydroxylation sites is 2. The van der Waals surface area contributed by atoms with Gasteiger partial charge in [0.05, 0.1) is 11.4 Å². The first-order valence-electron chi connectivity index (χ1n) is 33.4. The van der Waals surface area contributed by atoms with Crippen molar-refractivity contribution in [2.45, 2.75) is 214 Å². The van der Waals surface area contributed by atoms with Crippen LogP contribution in [0.1, 0.15) is 207 Å². The van der Waals surface area contributed by atoms with Gasteiger partial charge in [0.15, 0.2) is 0 Å². The molecule has 0 atom stereocenters. The van der Waals surface area contributed by atoms with E-state index in [1.807, 2.05) is 74.4 Å². The number of hydrogen-bond acceptors (Lipinski definition) is 8. The van der Waals surface area contributed by atoms with Gasteiger partial charge in [-0.15, -0.1) is 35.3 Å². The molecule has 0 amide bonds. The largest absolute Gasteiger partial charge is 3.00 e. The Morgan fingerprint density at radius 3 is 0.830 bits per heavy atom. The van der Waals surface area contributed by atoms with Crippen LogP contribution in [-0.4, -0.2) is 110 Å². The molecule has 0 saturated carbocycles. The molecular weight excluding hydrogens is 1250 g/mol. The van der Waals surface area contributed by atoms with Gasteiger partial charge in [0.25, 0.3) is 0 Å². The number of rotatable bonds is 22. The fraction of sp³-hybridized carbons (Fsp3) is 0.500. The summed E-state index contributed by atoms with van der Waals surface area (Å²) in [6.07, 6.45) is 11.4. The van der Waals surface area contributed by atoms with Gasteiger partial charge < -0.3 is 59.3 Å². The van der Waals surface area contributed by atoms with Crippen LogP contribution in [0.3, 0.4) is 0 Å². The van der Waals surface area contributed by atoms with E-state index in [9.17, 15) is 0 Å². The Balaban J connectivity index is 0. The zero-order valence-electron chi connectivity index (χ0n) is 63.7. The van der Waals surface area contributed by atoms with Crippen LogP contribution in [0.2, 0.25) is 0 Å². The smallest absolute Gasteiger partial charge is 1.45 e. The van der Waals surface area contributed by atoms with Crippen LogP contribution in [0.25, 0.3) is 10.6 Å². The van der Waals surface area contributed by atoms with E-state index in [0.29, 0.717) is 47.8 Å². The average molecular weight is 1380 g/mol. The summed E-state index contributed by atoms with van der Waals surface area (Å²) in [6.45, 7) is 56.1. The van der Waals surface area contributed by atoms with Crippen molar-refractivity contribution in [3.63, 3.8) is 0 Å². The topological polar surface area (TPSA) is 91.7 Å². The second-order valence-electron chi connectivity index (χ2n) is 26.6. The van der Waals surface area contributed by atoms with E-state index < -0.39 is 0 Å². The van der Waals surface area contributed by atoms with Gasteiger partial charge in [0.1, 0.15) is 0 Å². The molecule has 0 fully saturated rings. The number of pyridine rings is 2. The number of anilines is 2. The summed E-state index contributed by atoms with van der Waals surface area (Å²) < 4.78 is 0. The van der Waals surface area contributed by atoms with Crippen molar-refractivity contribution in [1.82, 2.24) is 19.8 Å². The Kier molecular flexibility index (Phi) is 48.1. The molecule has 0 spiro atoms. The Hall–Kier alpha value is -4.28. The molecule has 0 aliphatic carbocycles. The first-order chi connectivity index (χ1) is 43.1. The number of nitrogens with zero attached hydrogens (tertiary/aromatic N) is 10. The molecule has 6 aromatic rings. The van der Waals surface area contributed by atoms with E-state index in [-0.39, 0.29) is 51.7 Å². The van der Waals surface area contributed by atoms with Gasteiger partial charge in [-0.3, -0.25) is 20.0 Å². The van der Waals surface area contributed by atoms with Crippen molar-refractivity contribution in [3.05, 3.63) is 201 Å². The third kappa shape index (κ3) is 35.8. The van der Waals surface area contributed by atoms with Gasteiger partial charge >= 0.3 is 51.7 Å². The van der Waals surface area contributed by atoms with Gasteiger partial charge in [-0.25, -0.2) is 0 Å². The molecule has 94 heavy (non-hydrogen) atoms. The Morgan fingerprint density at radius 2 is 0.638 bits per heavy atom. The van der Waals surface area contributed by atoms with Crippen LogP contribution in [-0.2, 0) is 51.7 Å². The fourth-order valence-electron chi connectivity index (χ4n) is 10.2. The summed E-state index contributed by atoms with van der Waals surface area (Å²) in [7, 11) is 16.7. The molecule has 14 heteroatoms. The van der Waals surface area contributed by atoms with Gasteiger partial charge in [-0.1, -0.05) is 154 Å². The molecule has 10 nitrogen and oxygen atoms in total. The molecule has 0 aliphatic rings. The Labute approximate surface area is 618 Å². The Bertz CT molecular complexity index is 2830. The molecule has 4 aromatic carbocycles. The van der Waals surface area contributed by atoms with Crippen molar-refractivity contribution in [2.24, 2.45) is 9.98 Å². The fourth-order valence-corrected chi connectivity index (χ4v) is 10.5. The number of allylic oxidation sites excluding steroid dienone is 4. The van der Waals surface area contributed by atoms with Crippen LogP contribution in [0.4, 0.5) is 22.7 Å². The standard InChI is InChI=1S/2C25H42N3.2C8H9P.2C7H10N2.2Sc/c2*1-17(2)23-12-11-13-24(18(3)4)25(23)27-22(10)16-21(9)26-14-15-28(19(5)6)20(7)8;2*1-6-4-3-5-7(2)8(6)9;2*1-9(2)7-3-5-8-6-4-7;;/h2*11-13,16-20H,14-15H2,1-10H3;2*3-5H,1-2H3;2*3-6H,1-2H3;;/q2*-1;2*-2;;;2*+3/b2*21-16-,27-22?;;;;;;. The van der Waals surface area contributed by atoms with E-state index in [1.54, 1.807) is 24.8 Å². The van der Waals surface area contributed by atoms with Crippen LogP contribution >= 0.6 is 18.5 Å². The van der Waals surface area contributed by atoms with E-state index in [0.717, 1.165) is 71.0 Å². The van der Waals surface area contributed by atoms with Crippen LogP contribution < -0.4 is 20.4 Å². The molecule has 0 unspecified atom stereocenters. The quantitative estimate of drug-likeness (QED) is 0.0497. The molecule has 0 N–H and O–H groups in total. The number of aromatic nitrogens is 2. The molecule has 2 heterocycles. The van der Waals surface area contributed by atoms with Crippen molar-refractivity contribution < 1.29 is 51.7 Å². The van der Waals surface area contributed by atoms with Gasteiger partial charge in [-0.05, 0) is 180 Å². The SMILES string of the molecule is CC(/C=C(/C)[N-]CCN(C(C)C)C(C)C)=Nc1c(C(C)C)cccc1C(C)C.CC(/C=C(/C)[N-]CCN(C(C)C)C(C)C)=Nc1c(C(C)C)cccc1C(C)C.CN(C)c1ccncc1.CN(C)c1ccncc1.Cc1cccc(C)c1[P-2].Cc1cccc(C)c1[P-2].[Sc+3].[Sc+3]. The van der Waals surface area contributed by atoms with Gasteiger partial charge in [0.2, 0.25) is 0 Å². The Morgan fingerprint density at radius 1 is 0.404 bits per heavy atom. The third-order valence-electron chi connectivity index (χ3n) is 15.4. The van der Waals surface area contributed by atoms with Gasteiger partial charge in [0, 0.05) is 99.9 Å². The van der Waals surface area contributed by atoms with Crippen molar-refractivity contribution in [1.29, 1.82) is 0 Å². The second-order valence-corrected chi connectivity index (χ2v) is 27.5. The van der Waals surface area contributed by atoms with E-state index >= 15 is 0 Å². The molecule has 0 saturated heterocycles. The predicted molar refractivity (Wildman–Crippen MR) is 415 cm³/mol. The zero-order chi connectivity index (χ0) is 69.9. The van der Waals surface area contributed by atoms with Crippen LogP contribution in [0.5, 0.6) is 0 Å². The van der Waals surface area contributed by atoms with Crippen LogP contribution in [0.15, 0.2) is 155 Å². The number of benzene rings is 4. The maximum atomic E-state index is 5.01. The summed E-state index contributed by atoms with van der Waals surface area (Å²) in [5.41, 5.74) is 19.0.